The number of carbonyl (C=O) groups is 1. The fourth-order valence-electron chi connectivity index (χ4n) is 2.85. The van der Waals surface area contributed by atoms with Gasteiger partial charge in [0.05, 0.1) is 29.6 Å². The Hall–Kier alpha value is -2.69. The number of hydrogen-bond donors (Lipinski definition) is 0. The highest BCUT2D eigenvalue weighted by molar-refractivity contribution is 5.81. The van der Waals surface area contributed by atoms with Gasteiger partial charge in [-0.25, -0.2) is 4.98 Å². The van der Waals surface area contributed by atoms with E-state index in [1.165, 1.54) is 0 Å². The third-order valence-electron chi connectivity index (χ3n) is 4.20. The van der Waals surface area contributed by atoms with Crippen LogP contribution in [0.4, 0.5) is 0 Å². The number of imidazole rings is 1. The number of hydrogen-bond acceptors (Lipinski definition) is 3. The Morgan fingerprint density at radius 2 is 1.96 bits per heavy atom. The van der Waals surface area contributed by atoms with E-state index in [-0.39, 0.29) is 5.91 Å². The van der Waals surface area contributed by atoms with E-state index in [1.807, 2.05) is 51.9 Å². The van der Waals surface area contributed by atoms with Gasteiger partial charge in [0.1, 0.15) is 6.54 Å². The van der Waals surface area contributed by atoms with Gasteiger partial charge in [-0.2, -0.15) is 0 Å². The van der Waals surface area contributed by atoms with Crippen LogP contribution in [0.1, 0.15) is 18.5 Å². The van der Waals surface area contributed by atoms with E-state index in [2.05, 4.69) is 9.97 Å². The maximum Gasteiger partial charge on any atom is 0.243 e. The van der Waals surface area contributed by atoms with Crippen molar-refractivity contribution in [2.75, 3.05) is 0 Å². The van der Waals surface area contributed by atoms with Crippen molar-refractivity contribution >= 4 is 16.9 Å². The minimum Gasteiger partial charge on any atom is -0.332 e. The summed E-state index contributed by atoms with van der Waals surface area (Å²) in [5, 5.41) is 0. The van der Waals surface area contributed by atoms with Gasteiger partial charge < -0.3 is 9.47 Å². The number of pyridine rings is 1. The molecule has 0 spiro atoms. The molecular formula is C18H18N4O. The van der Waals surface area contributed by atoms with Crippen LogP contribution >= 0.6 is 0 Å². The molecule has 0 saturated heterocycles. The number of carbonyl (C=O) groups excluding carboxylic acids is 1. The van der Waals surface area contributed by atoms with Crippen molar-refractivity contribution in [3.63, 3.8) is 0 Å². The molecule has 1 aliphatic carbocycles. The largest absolute Gasteiger partial charge is 0.332 e. The quantitative estimate of drug-likeness (QED) is 0.728. The van der Waals surface area contributed by atoms with Crippen LogP contribution in [0.2, 0.25) is 0 Å². The molecule has 23 heavy (non-hydrogen) atoms. The second-order valence-corrected chi connectivity index (χ2v) is 5.94. The molecule has 1 aromatic carbocycles. The zero-order chi connectivity index (χ0) is 15.6. The number of aromatic nitrogens is 3. The average Bonchev–Trinajstić information content (AvgIpc) is 3.35. The topological polar surface area (TPSA) is 51.0 Å². The van der Waals surface area contributed by atoms with Crippen LogP contribution in [-0.2, 0) is 17.9 Å². The lowest BCUT2D eigenvalue weighted by Crippen LogP contribution is -2.35. The summed E-state index contributed by atoms with van der Waals surface area (Å²) in [6, 6.07) is 14.1. The Bertz CT molecular complexity index is 823. The lowest BCUT2D eigenvalue weighted by molar-refractivity contribution is -0.133. The predicted octanol–water partition coefficient (Wildman–Crippen LogP) is 2.62. The molecule has 5 heteroatoms. The first-order chi connectivity index (χ1) is 11.3. The van der Waals surface area contributed by atoms with E-state index in [9.17, 15) is 4.79 Å². The van der Waals surface area contributed by atoms with Gasteiger partial charge >= 0.3 is 0 Å². The molecule has 0 bridgehead atoms. The molecule has 0 atom stereocenters. The molecule has 0 radical (unpaired) electrons. The molecule has 1 fully saturated rings. The summed E-state index contributed by atoms with van der Waals surface area (Å²) >= 11 is 0. The first-order valence-corrected chi connectivity index (χ1v) is 7.90. The fourth-order valence-corrected chi connectivity index (χ4v) is 2.85. The number of rotatable bonds is 5. The molecular weight excluding hydrogens is 288 g/mol. The van der Waals surface area contributed by atoms with Crippen LogP contribution in [0.3, 0.4) is 0 Å². The van der Waals surface area contributed by atoms with Gasteiger partial charge in [0.2, 0.25) is 5.91 Å². The SMILES string of the molecule is O=C(Cn1cnc2ccccc21)N(Cc1ccccn1)C1CC1. The van der Waals surface area contributed by atoms with Gasteiger partial charge in [0.25, 0.3) is 0 Å². The highest BCUT2D eigenvalue weighted by Crippen LogP contribution is 2.28. The summed E-state index contributed by atoms with van der Waals surface area (Å²) in [5.41, 5.74) is 2.85. The zero-order valence-electron chi connectivity index (χ0n) is 12.8. The number of benzene rings is 1. The van der Waals surface area contributed by atoms with Crippen LogP contribution in [-0.4, -0.2) is 31.4 Å². The number of para-hydroxylation sites is 2. The summed E-state index contributed by atoms with van der Waals surface area (Å²) < 4.78 is 1.92. The van der Waals surface area contributed by atoms with Crippen LogP contribution in [0.25, 0.3) is 11.0 Å². The van der Waals surface area contributed by atoms with Crippen LogP contribution in [0, 0.1) is 0 Å². The molecule has 2 heterocycles. The predicted molar refractivity (Wildman–Crippen MR) is 87.5 cm³/mol. The van der Waals surface area contributed by atoms with E-state index in [1.54, 1.807) is 12.5 Å². The summed E-state index contributed by atoms with van der Waals surface area (Å²) in [7, 11) is 0. The second-order valence-electron chi connectivity index (χ2n) is 5.94. The maximum absolute atomic E-state index is 12.8. The molecule has 1 amide bonds. The van der Waals surface area contributed by atoms with Crippen molar-refractivity contribution in [1.82, 2.24) is 19.4 Å². The van der Waals surface area contributed by atoms with Gasteiger partial charge in [0, 0.05) is 12.2 Å². The van der Waals surface area contributed by atoms with E-state index < -0.39 is 0 Å². The molecule has 0 unspecified atom stereocenters. The summed E-state index contributed by atoms with van der Waals surface area (Å²) in [6.07, 6.45) is 5.69. The average molecular weight is 306 g/mol. The van der Waals surface area contributed by atoms with Crippen LogP contribution in [0.5, 0.6) is 0 Å². The molecule has 4 rings (SSSR count). The van der Waals surface area contributed by atoms with E-state index in [0.29, 0.717) is 19.1 Å². The molecule has 0 aliphatic heterocycles. The molecule has 116 valence electrons. The number of nitrogens with zero attached hydrogens (tertiary/aromatic N) is 4. The third-order valence-corrected chi connectivity index (χ3v) is 4.20. The van der Waals surface area contributed by atoms with Gasteiger partial charge in [0.15, 0.2) is 0 Å². The van der Waals surface area contributed by atoms with Gasteiger partial charge in [-0.05, 0) is 37.1 Å². The van der Waals surface area contributed by atoms with Crippen molar-refractivity contribution in [3.05, 3.63) is 60.7 Å². The monoisotopic (exact) mass is 306 g/mol. The Morgan fingerprint density at radius 1 is 1.13 bits per heavy atom. The Balaban J connectivity index is 1.54. The second kappa shape index (κ2) is 5.83. The minimum absolute atomic E-state index is 0.126. The fraction of sp³-hybridized carbons (Fsp3) is 0.278. The van der Waals surface area contributed by atoms with Crippen molar-refractivity contribution in [2.45, 2.75) is 32.0 Å². The molecule has 1 saturated carbocycles. The number of amides is 1. The highest BCUT2D eigenvalue weighted by atomic mass is 16.2. The lowest BCUT2D eigenvalue weighted by Gasteiger charge is -2.22. The third kappa shape index (κ3) is 2.95. The van der Waals surface area contributed by atoms with Crippen LogP contribution in [0.15, 0.2) is 55.0 Å². The van der Waals surface area contributed by atoms with Gasteiger partial charge in [-0.3, -0.25) is 9.78 Å². The van der Waals surface area contributed by atoms with Crippen LogP contribution < -0.4 is 0 Å². The van der Waals surface area contributed by atoms with Gasteiger partial charge in [-0.15, -0.1) is 0 Å². The molecule has 1 aliphatic rings. The Kier molecular flexibility index (Phi) is 3.54. The lowest BCUT2D eigenvalue weighted by atomic mass is 10.3. The van der Waals surface area contributed by atoms with E-state index >= 15 is 0 Å². The summed E-state index contributed by atoms with van der Waals surface area (Å²) in [4.78, 5) is 23.4. The summed E-state index contributed by atoms with van der Waals surface area (Å²) in [5.74, 6) is 0.126. The Morgan fingerprint density at radius 3 is 2.74 bits per heavy atom. The van der Waals surface area contributed by atoms with E-state index in [0.717, 1.165) is 29.6 Å². The molecule has 0 N–H and O–H groups in total. The minimum atomic E-state index is 0.126. The first-order valence-electron chi connectivity index (χ1n) is 7.90. The smallest absolute Gasteiger partial charge is 0.243 e. The molecule has 5 nitrogen and oxygen atoms in total. The highest BCUT2D eigenvalue weighted by Gasteiger charge is 2.32. The van der Waals surface area contributed by atoms with Crippen molar-refractivity contribution < 1.29 is 4.79 Å². The van der Waals surface area contributed by atoms with Crippen molar-refractivity contribution in [2.24, 2.45) is 0 Å². The standard InChI is InChI=1S/C18H18N4O/c23-18(12-21-13-20-16-6-1-2-7-17(16)21)22(15-8-9-15)11-14-5-3-4-10-19-14/h1-7,10,13,15H,8-9,11-12H2. The van der Waals surface area contributed by atoms with Gasteiger partial charge in [-0.1, -0.05) is 18.2 Å². The van der Waals surface area contributed by atoms with Crippen molar-refractivity contribution in [3.8, 4) is 0 Å². The molecule has 2 aromatic heterocycles. The van der Waals surface area contributed by atoms with Crippen molar-refractivity contribution in [1.29, 1.82) is 0 Å². The normalized spacial score (nSPS) is 14.1. The van der Waals surface area contributed by atoms with E-state index in [4.69, 9.17) is 0 Å². The zero-order valence-corrected chi connectivity index (χ0v) is 12.8. The Labute approximate surface area is 134 Å². The summed E-state index contributed by atoms with van der Waals surface area (Å²) in [6.45, 7) is 0.904. The molecule has 3 aromatic rings. The maximum atomic E-state index is 12.8. The number of fused-ring (bicyclic) bond motifs is 1. The first kappa shape index (κ1) is 13.9.